The minimum atomic E-state index is -0.656. The van der Waals surface area contributed by atoms with Crippen LogP contribution in [0.4, 0.5) is 16.0 Å². The van der Waals surface area contributed by atoms with Crippen molar-refractivity contribution in [2.24, 2.45) is 0 Å². The first-order chi connectivity index (χ1) is 14.9. The monoisotopic (exact) mass is 419 g/mol. The second-order valence-electron chi connectivity index (χ2n) is 7.48. The number of fused-ring (bicyclic) bond motifs is 1. The molecular weight excluding hydrogens is 397 g/mol. The molecule has 1 fully saturated rings. The summed E-state index contributed by atoms with van der Waals surface area (Å²) < 4.78 is 14.5. The Kier molecular flexibility index (Phi) is 5.62. The van der Waals surface area contributed by atoms with Crippen LogP contribution in [0.5, 0.6) is 0 Å². The van der Waals surface area contributed by atoms with Gasteiger partial charge in [-0.2, -0.15) is 0 Å². The van der Waals surface area contributed by atoms with Gasteiger partial charge in [-0.3, -0.25) is 9.59 Å². The van der Waals surface area contributed by atoms with Crippen molar-refractivity contribution in [2.75, 3.05) is 23.7 Å². The number of amides is 2. The van der Waals surface area contributed by atoms with Gasteiger partial charge in [-0.15, -0.1) is 0 Å². The Labute approximate surface area is 179 Å². The number of halogens is 1. The summed E-state index contributed by atoms with van der Waals surface area (Å²) in [4.78, 5) is 34.9. The van der Waals surface area contributed by atoms with Crippen LogP contribution < -0.4 is 10.6 Å². The van der Waals surface area contributed by atoms with Crippen molar-refractivity contribution >= 4 is 34.4 Å². The van der Waals surface area contributed by atoms with Gasteiger partial charge in [-0.25, -0.2) is 14.4 Å². The number of anilines is 2. The first-order valence-corrected chi connectivity index (χ1v) is 9.96. The smallest absolute Gasteiger partial charge is 0.254 e. The van der Waals surface area contributed by atoms with Gasteiger partial charge in [0.2, 0.25) is 11.9 Å². The number of nitrogens with one attached hydrogen (secondary N) is 2. The molecule has 2 aromatic carbocycles. The summed E-state index contributed by atoms with van der Waals surface area (Å²) >= 11 is 0. The highest BCUT2D eigenvalue weighted by atomic mass is 19.1. The third-order valence-electron chi connectivity index (χ3n) is 5.27. The van der Waals surface area contributed by atoms with Crippen molar-refractivity contribution < 1.29 is 14.0 Å². The average molecular weight is 419 g/mol. The van der Waals surface area contributed by atoms with Crippen molar-refractivity contribution in [1.29, 1.82) is 0 Å². The minimum absolute atomic E-state index is 0.00205. The molecule has 1 aliphatic rings. The lowest BCUT2D eigenvalue weighted by molar-refractivity contribution is -0.111. The maximum atomic E-state index is 14.5. The Balaban J connectivity index is 1.44. The molecule has 1 aromatic heterocycles. The van der Waals surface area contributed by atoms with Crippen LogP contribution in [0.15, 0.2) is 55.3 Å². The molecule has 1 atom stereocenters. The molecule has 2 N–H and O–H groups in total. The zero-order valence-corrected chi connectivity index (χ0v) is 17.1. The number of carbonyl (C=O) groups is 2. The highest BCUT2D eigenvalue weighted by Gasteiger charge is 2.28. The topological polar surface area (TPSA) is 87.2 Å². The predicted octanol–water partition coefficient (Wildman–Crippen LogP) is 3.53. The molecule has 0 saturated carbocycles. The van der Waals surface area contributed by atoms with Crippen LogP contribution in [-0.2, 0) is 4.79 Å². The Bertz CT molecular complexity index is 1160. The maximum Gasteiger partial charge on any atom is 0.254 e. The van der Waals surface area contributed by atoms with E-state index in [2.05, 4.69) is 27.2 Å². The molecular formula is C23H22FN5O2. The van der Waals surface area contributed by atoms with Gasteiger partial charge in [0.25, 0.3) is 5.91 Å². The summed E-state index contributed by atoms with van der Waals surface area (Å²) in [5.74, 6) is -0.906. The van der Waals surface area contributed by atoms with Gasteiger partial charge in [-0.1, -0.05) is 24.8 Å². The Hall–Kier alpha value is -3.81. The van der Waals surface area contributed by atoms with Gasteiger partial charge in [0.05, 0.1) is 11.2 Å². The molecule has 8 heteroatoms. The fourth-order valence-electron chi connectivity index (χ4n) is 3.67. The quantitative estimate of drug-likeness (QED) is 0.618. The number of aryl methyl sites for hydroxylation is 1. The average Bonchev–Trinajstić information content (AvgIpc) is 3.23. The van der Waals surface area contributed by atoms with Crippen molar-refractivity contribution in [3.05, 3.63) is 72.2 Å². The van der Waals surface area contributed by atoms with Crippen LogP contribution in [0, 0.1) is 12.7 Å². The van der Waals surface area contributed by atoms with Gasteiger partial charge in [0, 0.05) is 36.3 Å². The number of carbonyl (C=O) groups excluding carboxylic acids is 2. The summed E-state index contributed by atoms with van der Waals surface area (Å²) in [6.45, 7) is 6.00. The third kappa shape index (κ3) is 4.37. The number of nitrogens with zero attached hydrogens (tertiary/aromatic N) is 3. The molecule has 158 valence electrons. The van der Waals surface area contributed by atoms with Gasteiger partial charge < -0.3 is 15.5 Å². The molecule has 0 radical (unpaired) electrons. The highest BCUT2D eigenvalue weighted by molar-refractivity contribution is 6.00. The van der Waals surface area contributed by atoms with E-state index in [4.69, 9.17) is 0 Å². The van der Waals surface area contributed by atoms with E-state index in [0.29, 0.717) is 24.6 Å². The van der Waals surface area contributed by atoms with E-state index < -0.39 is 11.7 Å². The van der Waals surface area contributed by atoms with Gasteiger partial charge in [-0.05, 0) is 43.2 Å². The normalized spacial score (nSPS) is 15.7. The summed E-state index contributed by atoms with van der Waals surface area (Å²) in [5.41, 5.74) is 1.61. The van der Waals surface area contributed by atoms with E-state index >= 15 is 0 Å². The van der Waals surface area contributed by atoms with Crippen LogP contribution in [0.1, 0.15) is 22.3 Å². The van der Waals surface area contributed by atoms with Crippen LogP contribution in [-0.4, -0.2) is 45.8 Å². The van der Waals surface area contributed by atoms with Crippen LogP contribution in [0.3, 0.4) is 0 Å². The minimum Gasteiger partial charge on any atom is -0.350 e. The molecule has 0 bridgehead atoms. The largest absolute Gasteiger partial charge is 0.350 e. The van der Waals surface area contributed by atoms with Gasteiger partial charge in [0.1, 0.15) is 5.82 Å². The maximum absolute atomic E-state index is 14.5. The summed E-state index contributed by atoms with van der Waals surface area (Å²) in [6.07, 6.45) is 3.56. The van der Waals surface area contributed by atoms with Crippen molar-refractivity contribution in [1.82, 2.24) is 14.9 Å². The standard InChI is InChI=1S/C23H22FN5O2/c1-3-20(30)28-21-14(2)10-16(11-18(21)24)22(31)29-9-8-17(13-29)26-23-25-12-15-6-4-5-7-19(15)27-23/h3-7,10-12,17H,1,8-9,13H2,2H3,(H,28,30)(H,25,26,27). The summed E-state index contributed by atoms with van der Waals surface area (Å²) in [6, 6.07) is 10.5. The molecule has 31 heavy (non-hydrogen) atoms. The molecule has 0 spiro atoms. The number of hydrogen-bond donors (Lipinski definition) is 2. The second-order valence-corrected chi connectivity index (χ2v) is 7.48. The van der Waals surface area contributed by atoms with Gasteiger partial charge >= 0.3 is 0 Å². The van der Waals surface area contributed by atoms with Crippen LogP contribution in [0.2, 0.25) is 0 Å². The number of rotatable bonds is 5. The number of para-hydroxylation sites is 1. The fourth-order valence-corrected chi connectivity index (χ4v) is 3.67. The Morgan fingerprint density at radius 1 is 1.29 bits per heavy atom. The van der Waals surface area contributed by atoms with Crippen molar-refractivity contribution in [3.63, 3.8) is 0 Å². The lowest BCUT2D eigenvalue weighted by atomic mass is 10.1. The van der Waals surface area contributed by atoms with Crippen LogP contribution in [0.25, 0.3) is 10.9 Å². The predicted molar refractivity (Wildman–Crippen MR) is 117 cm³/mol. The lowest BCUT2D eigenvalue weighted by Crippen LogP contribution is -2.32. The Morgan fingerprint density at radius 2 is 2.10 bits per heavy atom. The summed E-state index contributed by atoms with van der Waals surface area (Å²) in [7, 11) is 0. The first-order valence-electron chi connectivity index (χ1n) is 9.96. The molecule has 0 aliphatic carbocycles. The van der Waals surface area contributed by atoms with E-state index in [1.165, 1.54) is 0 Å². The first kappa shape index (κ1) is 20.5. The summed E-state index contributed by atoms with van der Waals surface area (Å²) in [5, 5.41) is 6.67. The van der Waals surface area contributed by atoms with E-state index in [9.17, 15) is 14.0 Å². The van der Waals surface area contributed by atoms with E-state index in [0.717, 1.165) is 29.5 Å². The van der Waals surface area contributed by atoms with Crippen molar-refractivity contribution in [2.45, 2.75) is 19.4 Å². The van der Waals surface area contributed by atoms with E-state index in [1.807, 2.05) is 24.3 Å². The molecule has 7 nitrogen and oxygen atoms in total. The van der Waals surface area contributed by atoms with E-state index in [-0.39, 0.29) is 23.2 Å². The number of benzene rings is 2. The SMILES string of the molecule is C=CC(=O)Nc1c(C)cc(C(=O)N2CCC(Nc3ncc4ccccc4n3)C2)cc1F. The fraction of sp³-hybridized carbons (Fsp3) is 0.217. The van der Waals surface area contributed by atoms with Crippen molar-refractivity contribution in [3.8, 4) is 0 Å². The van der Waals surface area contributed by atoms with Gasteiger partial charge in [0.15, 0.2) is 0 Å². The molecule has 3 aromatic rings. The molecule has 2 heterocycles. The molecule has 1 saturated heterocycles. The molecule has 2 amide bonds. The number of aromatic nitrogens is 2. The zero-order valence-electron chi connectivity index (χ0n) is 17.1. The Morgan fingerprint density at radius 3 is 2.87 bits per heavy atom. The second kappa shape index (κ2) is 8.51. The van der Waals surface area contributed by atoms with E-state index in [1.54, 1.807) is 24.1 Å². The molecule has 1 unspecified atom stereocenters. The van der Waals surface area contributed by atoms with Crippen LogP contribution >= 0.6 is 0 Å². The number of likely N-dealkylation sites (tertiary alicyclic amines) is 1. The molecule has 1 aliphatic heterocycles. The highest BCUT2D eigenvalue weighted by Crippen LogP contribution is 2.24. The number of hydrogen-bond acceptors (Lipinski definition) is 5. The lowest BCUT2D eigenvalue weighted by Gasteiger charge is -2.18. The zero-order chi connectivity index (χ0) is 22.0. The third-order valence-corrected chi connectivity index (χ3v) is 5.27. The molecule has 4 rings (SSSR count).